The summed E-state index contributed by atoms with van der Waals surface area (Å²) in [7, 11) is 1.62. The van der Waals surface area contributed by atoms with Crippen molar-refractivity contribution in [2.75, 3.05) is 44.0 Å². The van der Waals surface area contributed by atoms with Crippen LogP contribution in [0.4, 0.5) is 11.4 Å². The van der Waals surface area contributed by atoms with E-state index in [-0.39, 0.29) is 24.3 Å². The van der Waals surface area contributed by atoms with Gasteiger partial charge in [0.2, 0.25) is 5.91 Å². The molecular weight excluding hydrogens is 408 g/mol. The number of hydrogen-bond donors (Lipinski definition) is 4. The van der Waals surface area contributed by atoms with Crippen LogP contribution >= 0.6 is 0 Å². The fourth-order valence-corrected chi connectivity index (χ4v) is 2.90. The first-order valence-electron chi connectivity index (χ1n) is 10.8. The van der Waals surface area contributed by atoms with Crippen LogP contribution in [0.3, 0.4) is 0 Å². The number of anilines is 2. The number of nitrogens with one attached hydrogen (secondary N) is 4. The molecule has 8 nitrogen and oxygen atoms in total. The Labute approximate surface area is 189 Å². The summed E-state index contributed by atoms with van der Waals surface area (Å²) >= 11 is 0. The molecule has 0 radical (unpaired) electrons. The zero-order valence-electron chi connectivity index (χ0n) is 18.7. The van der Waals surface area contributed by atoms with Crippen LogP contribution in [0.2, 0.25) is 0 Å². The third-order valence-corrected chi connectivity index (χ3v) is 4.61. The lowest BCUT2D eigenvalue weighted by molar-refractivity contribution is -0.114. The predicted molar refractivity (Wildman–Crippen MR) is 126 cm³/mol. The Hall–Kier alpha value is -3.39. The summed E-state index contributed by atoms with van der Waals surface area (Å²) < 4.78 is 4.96. The standard InChI is InChI=1S/C24H32N4O4/c1-3-4-12-25-24(31)19-9-6-11-21(16-19)28-22(29)17-27-20-10-5-8-18(15-20)23(30)26-13-7-14-32-2/h5-6,8-11,15-16,27H,3-4,7,12-14,17H2,1-2H3,(H,25,31)(H,26,30)(H,28,29). The van der Waals surface area contributed by atoms with Crippen LogP contribution in [0.5, 0.6) is 0 Å². The molecule has 0 unspecified atom stereocenters. The number of carbonyl (C=O) groups is 3. The SMILES string of the molecule is CCCCNC(=O)c1cccc(NC(=O)CNc2cccc(C(=O)NCCCOC)c2)c1. The average Bonchev–Trinajstić information content (AvgIpc) is 2.81. The van der Waals surface area contributed by atoms with Gasteiger partial charge in [-0.1, -0.05) is 25.5 Å². The maximum atomic E-state index is 12.3. The Morgan fingerprint density at radius 1 is 0.844 bits per heavy atom. The van der Waals surface area contributed by atoms with Crippen molar-refractivity contribution in [3.05, 3.63) is 59.7 Å². The van der Waals surface area contributed by atoms with Gasteiger partial charge in [-0.15, -0.1) is 0 Å². The molecule has 0 aliphatic carbocycles. The topological polar surface area (TPSA) is 109 Å². The molecule has 0 spiro atoms. The highest BCUT2D eigenvalue weighted by Gasteiger charge is 2.09. The van der Waals surface area contributed by atoms with E-state index >= 15 is 0 Å². The molecule has 0 atom stereocenters. The molecule has 0 aliphatic rings. The Kier molecular flexibility index (Phi) is 10.7. The second kappa shape index (κ2) is 13.8. The molecule has 2 aromatic carbocycles. The van der Waals surface area contributed by atoms with Gasteiger partial charge in [0.05, 0.1) is 6.54 Å². The molecule has 0 bridgehead atoms. The van der Waals surface area contributed by atoms with Crippen molar-refractivity contribution in [3.8, 4) is 0 Å². The van der Waals surface area contributed by atoms with E-state index in [2.05, 4.69) is 28.2 Å². The van der Waals surface area contributed by atoms with Gasteiger partial charge in [0.15, 0.2) is 0 Å². The number of unbranched alkanes of at least 4 members (excludes halogenated alkanes) is 1. The van der Waals surface area contributed by atoms with Gasteiger partial charge in [-0.05, 0) is 49.2 Å². The summed E-state index contributed by atoms with van der Waals surface area (Å²) in [5.74, 6) is -0.601. The highest BCUT2D eigenvalue weighted by atomic mass is 16.5. The van der Waals surface area contributed by atoms with Crippen molar-refractivity contribution in [1.82, 2.24) is 10.6 Å². The van der Waals surface area contributed by atoms with Gasteiger partial charge in [0, 0.05) is 49.3 Å². The second-order valence-corrected chi connectivity index (χ2v) is 7.28. The maximum absolute atomic E-state index is 12.3. The van der Waals surface area contributed by atoms with Gasteiger partial charge in [-0.3, -0.25) is 14.4 Å². The summed E-state index contributed by atoms with van der Waals surface area (Å²) in [6.07, 6.45) is 2.66. The molecule has 0 aliphatic heterocycles. The molecule has 2 rings (SSSR count). The van der Waals surface area contributed by atoms with Gasteiger partial charge >= 0.3 is 0 Å². The summed E-state index contributed by atoms with van der Waals surface area (Å²) in [5, 5.41) is 11.5. The Bertz CT molecular complexity index is 901. The zero-order valence-corrected chi connectivity index (χ0v) is 18.7. The first-order valence-corrected chi connectivity index (χ1v) is 10.8. The van der Waals surface area contributed by atoms with Crippen molar-refractivity contribution in [3.63, 3.8) is 0 Å². The molecule has 0 heterocycles. The number of carbonyl (C=O) groups excluding carboxylic acids is 3. The van der Waals surface area contributed by atoms with Crippen LogP contribution in [-0.2, 0) is 9.53 Å². The Balaban J connectivity index is 1.85. The van der Waals surface area contributed by atoms with Crippen LogP contribution in [0.1, 0.15) is 46.9 Å². The van der Waals surface area contributed by atoms with E-state index < -0.39 is 0 Å². The van der Waals surface area contributed by atoms with Crippen molar-refractivity contribution in [1.29, 1.82) is 0 Å². The van der Waals surface area contributed by atoms with Crippen molar-refractivity contribution >= 4 is 29.1 Å². The molecule has 2 aromatic rings. The average molecular weight is 441 g/mol. The number of hydrogen-bond acceptors (Lipinski definition) is 5. The molecule has 8 heteroatoms. The van der Waals surface area contributed by atoms with Crippen molar-refractivity contribution < 1.29 is 19.1 Å². The second-order valence-electron chi connectivity index (χ2n) is 7.28. The van der Waals surface area contributed by atoms with Crippen LogP contribution in [-0.4, -0.2) is 51.1 Å². The fourth-order valence-electron chi connectivity index (χ4n) is 2.90. The van der Waals surface area contributed by atoms with E-state index in [9.17, 15) is 14.4 Å². The van der Waals surface area contributed by atoms with Crippen molar-refractivity contribution in [2.24, 2.45) is 0 Å². The quantitative estimate of drug-likeness (QED) is 0.358. The lowest BCUT2D eigenvalue weighted by Gasteiger charge is -2.11. The lowest BCUT2D eigenvalue weighted by Crippen LogP contribution is -2.26. The van der Waals surface area contributed by atoms with Crippen LogP contribution < -0.4 is 21.3 Å². The minimum Gasteiger partial charge on any atom is -0.385 e. The maximum Gasteiger partial charge on any atom is 0.251 e. The summed E-state index contributed by atoms with van der Waals surface area (Å²) in [6, 6.07) is 13.8. The van der Waals surface area contributed by atoms with Crippen LogP contribution in [0.15, 0.2) is 48.5 Å². The molecule has 0 saturated heterocycles. The third-order valence-electron chi connectivity index (χ3n) is 4.61. The minimum absolute atomic E-state index is 0.0197. The first kappa shape index (κ1) is 24.9. The minimum atomic E-state index is -0.261. The Morgan fingerprint density at radius 3 is 2.06 bits per heavy atom. The normalized spacial score (nSPS) is 10.3. The first-order chi connectivity index (χ1) is 15.5. The van der Waals surface area contributed by atoms with E-state index in [1.165, 1.54) is 0 Å². The molecule has 0 saturated carbocycles. The van der Waals surface area contributed by atoms with E-state index in [1.54, 1.807) is 55.6 Å². The summed E-state index contributed by atoms with van der Waals surface area (Å²) in [5.41, 5.74) is 2.21. The third kappa shape index (κ3) is 8.77. The zero-order chi connectivity index (χ0) is 23.2. The highest BCUT2D eigenvalue weighted by molar-refractivity contribution is 5.98. The number of amides is 3. The monoisotopic (exact) mass is 440 g/mol. The van der Waals surface area contributed by atoms with Gasteiger partial charge in [0.1, 0.15) is 0 Å². The fraction of sp³-hybridized carbons (Fsp3) is 0.375. The van der Waals surface area contributed by atoms with Gasteiger partial charge < -0.3 is 26.0 Å². The van der Waals surface area contributed by atoms with Crippen LogP contribution in [0.25, 0.3) is 0 Å². The van der Waals surface area contributed by atoms with E-state index in [0.29, 0.717) is 42.2 Å². The number of ether oxygens (including phenoxy) is 1. The highest BCUT2D eigenvalue weighted by Crippen LogP contribution is 2.12. The van der Waals surface area contributed by atoms with Crippen molar-refractivity contribution in [2.45, 2.75) is 26.2 Å². The largest absolute Gasteiger partial charge is 0.385 e. The van der Waals surface area contributed by atoms with Gasteiger partial charge in [0.25, 0.3) is 11.8 Å². The molecular formula is C24H32N4O4. The van der Waals surface area contributed by atoms with Crippen LogP contribution in [0, 0.1) is 0 Å². The number of benzene rings is 2. The summed E-state index contributed by atoms with van der Waals surface area (Å²) in [6.45, 7) is 3.82. The lowest BCUT2D eigenvalue weighted by atomic mass is 10.1. The van der Waals surface area contributed by atoms with E-state index in [1.807, 2.05) is 0 Å². The number of rotatable bonds is 13. The smallest absolute Gasteiger partial charge is 0.251 e. The molecule has 0 fully saturated rings. The van der Waals surface area contributed by atoms with E-state index in [4.69, 9.17) is 4.74 Å². The Morgan fingerprint density at radius 2 is 1.44 bits per heavy atom. The molecule has 3 amide bonds. The molecule has 172 valence electrons. The number of methoxy groups -OCH3 is 1. The molecule has 32 heavy (non-hydrogen) atoms. The molecule has 4 N–H and O–H groups in total. The summed E-state index contributed by atoms with van der Waals surface area (Å²) in [4.78, 5) is 36.7. The van der Waals surface area contributed by atoms with E-state index in [0.717, 1.165) is 19.3 Å². The van der Waals surface area contributed by atoms with Gasteiger partial charge in [-0.25, -0.2) is 0 Å². The molecule has 0 aromatic heterocycles. The predicted octanol–water partition coefficient (Wildman–Crippen LogP) is 3.03. The van der Waals surface area contributed by atoms with Gasteiger partial charge in [-0.2, -0.15) is 0 Å².